The highest BCUT2D eigenvalue weighted by molar-refractivity contribution is 7.58. The van der Waals surface area contributed by atoms with Gasteiger partial charge in [0.05, 0.1) is 14.1 Å². The molecule has 2 rings (SSSR count). The Labute approximate surface area is 105 Å². The van der Waals surface area contributed by atoms with E-state index >= 15 is 0 Å². The Morgan fingerprint density at radius 3 is 2.29 bits per heavy atom. The summed E-state index contributed by atoms with van der Waals surface area (Å²) in [6, 6.07) is 9.12. The fourth-order valence-corrected chi connectivity index (χ4v) is 1.24. The van der Waals surface area contributed by atoms with Crippen molar-refractivity contribution in [2.75, 3.05) is 14.1 Å². The highest BCUT2D eigenvalue weighted by atomic mass is 32.1. The van der Waals surface area contributed by atoms with Crippen LogP contribution in [0, 0.1) is 0 Å². The lowest BCUT2D eigenvalue weighted by Crippen LogP contribution is -2.74. The van der Waals surface area contributed by atoms with Crippen molar-refractivity contribution in [3.8, 4) is 11.3 Å². The summed E-state index contributed by atoms with van der Waals surface area (Å²) >= 11 is 4.68. The number of benzene rings is 1. The number of nitrogens with one attached hydrogen (secondary N) is 1. The molecule has 17 heavy (non-hydrogen) atoms. The van der Waals surface area contributed by atoms with Crippen molar-refractivity contribution in [2.45, 2.75) is 5.16 Å². The number of aromatic amines is 1. The maximum Gasteiger partial charge on any atom is 0.276 e. The van der Waals surface area contributed by atoms with Gasteiger partial charge in [-0.25, -0.2) is 0 Å². The van der Waals surface area contributed by atoms with Gasteiger partial charge in [-0.3, -0.25) is 4.79 Å². The lowest BCUT2D eigenvalue weighted by atomic mass is 10.2. The smallest absolute Gasteiger partial charge is 0.276 e. The van der Waals surface area contributed by atoms with Crippen LogP contribution in [0.4, 0.5) is 0 Å². The molecule has 1 heterocycles. The van der Waals surface area contributed by atoms with Gasteiger partial charge in [-0.2, -0.15) is 5.10 Å². The van der Waals surface area contributed by atoms with Gasteiger partial charge in [0.2, 0.25) is 0 Å². The number of hydrogen-bond donors (Lipinski definition) is 2. The third kappa shape index (κ3) is 3.93. The number of nitrogens with zero attached hydrogens (tertiary/aromatic N) is 2. The molecule has 1 aromatic heterocycles. The van der Waals surface area contributed by atoms with E-state index in [4.69, 9.17) is 0 Å². The Hall–Kier alpha value is -1.79. The van der Waals surface area contributed by atoms with Gasteiger partial charge in [0, 0.05) is 10.7 Å². The third-order valence-electron chi connectivity index (χ3n) is 1.72. The molecule has 90 valence electrons. The van der Waals surface area contributed by atoms with Gasteiger partial charge >= 0.3 is 0 Å². The molecule has 0 aliphatic rings. The maximum atomic E-state index is 11.4. The summed E-state index contributed by atoms with van der Waals surface area (Å²) in [6.45, 7) is 0. The first-order chi connectivity index (χ1) is 8.19. The van der Waals surface area contributed by atoms with Crippen LogP contribution in [0.15, 0.2) is 40.3 Å². The van der Waals surface area contributed by atoms with Gasteiger partial charge in [-0.15, -0.1) is 5.10 Å². The van der Waals surface area contributed by atoms with E-state index in [-0.39, 0.29) is 10.7 Å². The lowest BCUT2D eigenvalue weighted by Gasteiger charge is -2.03. The van der Waals surface area contributed by atoms with Gasteiger partial charge in [-0.1, -0.05) is 30.3 Å². The molecule has 2 aromatic rings. The van der Waals surface area contributed by atoms with E-state index in [1.54, 1.807) is 12.1 Å². The standard InChI is InChI=1S/C9H7N3OS.C2H7N/c13-8-7(11-12-9(14)10-8)6-4-2-1-3-5-6;1-3-2/h1-5H,(H2,10,12,13,14);3H,1-2H3. The molecule has 5 nitrogen and oxygen atoms in total. The number of aromatic nitrogens is 3. The topological polar surface area (TPSA) is 75.2 Å². The lowest BCUT2D eigenvalue weighted by molar-refractivity contribution is -0.597. The zero-order valence-electron chi connectivity index (χ0n) is 9.68. The molecule has 0 aliphatic carbocycles. The van der Waals surface area contributed by atoms with Crippen molar-refractivity contribution in [3.05, 3.63) is 40.7 Å². The van der Waals surface area contributed by atoms with Crippen molar-refractivity contribution in [1.82, 2.24) is 15.2 Å². The Kier molecular flexibility index (Phi) is 5.25. The molecular weight excluding hydrogens is 236 g/mol. The van der Waals surface area contributed by atoms with E-state index < -0.39 is 0 Å². The molecule has 0 radical (unpaired) electrons. The Bertz CT molecular complexity index is 512. The van der Waals surface area contributed by atoms with E-state index in [2.05, 4.69) is 27.8 Å². The normalized spacial score (nSPS) is 9.29. The number of rotatable bonds is 1. The van der Waals surface area contributed by atoms with E-state index in [9.17, 15) is 4.79 Å². The molecule has 3 N–H and O–H groups in total. The first-order valence-corrected chi connectivity index (χ1v) is 5.53. The van der Waals surface area contributed by atoms with Crippen LogP contribution in [0.2, 0.25) is 0 Å². The first-order valence-electron chi connectivity index (χ1n) is 5.12. The van der Waals surface area contributed by atoms with Crippen molar-refractivity contribution < 1.29 is 5.32 Å². The van der Waals surface area contributed by atoms with Crippen LogP contribution in [0.3, 0.4) is 0 Å². The minimum Gasteiger partial charge on any atom is -0.740 e. The fourth-order valence-electron chi connectivity index (χ4n) is 1.11. The first kappa shape index (κ1) is 13.3. The minimum atomic E-state index is -0.309. The summed E-state index contributed by atoms with van der Waals surface area (Å²) in [5.74, 6) is 0. The second-order valence-corrected chi connectivity index (χ2v) is 3.64. The van der Waals surface area contributed by atoms with E-state index in [0.717, 1.165) is 5.56 Å². The van der Waals surface area contributed by atoms with Gasteiger partial charge in [0.25, 0.3) is 5.56 Å². The average Bonchev–Trinajstić information content (AvgIpc) is 2.31. The van der Waals surface area contributed by atoms with Crippen molar-refractivity contribution >= 4 is 12.6 Å². The predicted molar refractivity (Wildman–Crippen MR) is 67.5 cm³/mol. The molecule has 0 saturated carbocycles. The van der Waals surface area contributed by atoms with Crippen molar-refractivity contribution in [3.63, 3.8) is 0 Å². The highest BCUT2D eigenvalue weighted by Gasteiger charge is 2.02. The zero-order valence-corrected chi connectivity index (χ0v) is 10.5. The molecule has 0 bridgehead atoms. The summed E-state index contributed by atoms with van der Waals surface area (Å²) in [5.41, 5.74) is 0.714. The van der Waals surface area contributed by atoms with Crippen LogP contribution in [0.1, 0.15) is 0 Å². The number of nitrogens with two attached hydrogens (primary N) is 1. The molecule has 1 aromatic carbocycles. The van der Waals surface area contributed by atoms with Gasteiger partial charge < -0.3 is 22.9 Å². The summed E-state index contributed by atoms with van der Waals surface area (Å²) < 4.78 is 0. The van der Waals surface area contributed by atoms with Crippen LogP contribution in [0.25, 0.3) is 11.3 Å². The summed E-state index contributed by atoms with van der Waals surface area (Å²) in [4.78, 5) is 13.8. The molecule has 0 unspecified atom stereocenters. The van der Waals surface area contributed by atoms with Gasteiger partial charge in [-0.05, 0) is 0 Å². The van der Waals surface area contributed by atoms with Gasteiger partial charge in [0.15, 0.2) is 5.69 Å². The SMILES string of the molecule is C[NH2+]C.O=c1[nH]c([S-])nnc1-c1ccccc1. The Balaban J connectivity index is 0.000000437. The van der Waals surface area contributed by atoms with Crippen molar-refractivity contribution in [1.29, 1.82) is 0 Å². The van der Waals surface area contributed by atoms with E-state index in [1.807, 2.05) is 37.6 Å². The third-order valence-corrected chi connectivity index (χ3v) is 1.91. The van der Waals surface area contributed by atoms with E-state index in [1.165, 1.54) is 0 Å². The molecule has 0 atom stereocenters. The fraction of sp³-hybridized carbons (Fsp3) is 0.182. The van der Waals surface area contributed by atoms with Crippen LogP contribution >= 0.6 is 0 Å². The molecule has 0 amide bonds. The van der Waals surface area contributed by atoms with E-state index in [0.29, 0.717) is 5.69 Å². The zero-order chi connectivity index (χ0) is 12.7. The average molecular weight is 250 g/mol. The molecule has 0 saturated heterocycles. The van der Waals surface area contributed by atoms with Crippen molar-refractivity contribution in [2.24, 2.45) is 0 Å². The van der Waals surface area contributed by atoms with Crippen LogP contribution in [0.5, 0.6) is 0 Å². The summed E-state index contributed by atoms with van der Waals surface area (Å²) in [5, 5.41) is 9.48. The second kappa shape index (κ2) is 6.72. The predicted octanol–water partition coefficient (Wildman–Crippen LogP) is -0.453. The molecule has 6 heteroatoms. The minimum absolute atomic E-state index is 0.106. The molecule has 0 spiro atoms. The van der Waals surface area contributed by atoms with Crippen LogP contribution < -0.4 is 10.9 Å². The largest absolute Gasteiger partial charge is 0.740 e. The number of H-pyrrole nitrogens is 1. The maximum absolute atomic E-state index is 11.4. The Morgan fingerprint density at radius 1 is 1.18 bits per heavy atom. The summed E-state index contributed by atoms with van der Waals surface area (Å²) in [7, 11) is 4.00. The highest BCUT2D eigenvalue weighted by Crippen LogP contribution is 2.09. The summed E-state index contributed by atoms with van der Waals surface area (Å²) in [6.07, 6.45) is 0. The van der Waals surface area contributed by atoms with Gasteiger partial charge in [0.1, 0.15) is 0 Å². The second-order valence-electron chi connectivity index (χ2n) is 3.25. The number of hydrogen-bond acceptors (Lipinski definition) is 4. The Morgan fingerprint density at radius 2 is 1.76 bits per heavy atom. The monoisotopic (exact) mass is 250 g/mol. The molecule has 0 aliphatic heterocycles. The van der Waals surface area contributed by atoms with Crippen LogP contribution in [-0.4, -0.2) is 29.3 Å². The van der Waals surface area contributed by atoms with Crippen LogP contribution in [-0.2, 0) is 12.6 Å². The molecular formula is C11H14N4OS. The molecule has 0 fully saturated rings. The number of quaternary nitrogens is 1. The quantitative estimate of drug-likeness (QED) is 0.672.